The Morgan fingerprint density at radius 2 is 0.909 bits per heavy atom. The Morgan fingerprint density at radius 1 is 0.909 bits per heavy atom. The molecule has 72 valence electrons. The van der Waals surface area contributed by atoms with Crippen LogP contribution in [0.1, 0.15) is 0 Å². The van der Waals surface area contributed by atoms with E-state index in [1.165, 1.54) is 0 Å². The molecule has 0 radical (unpaired) electrons. The Kier molecular flexibility index (Phi) is 9.42. The molecule has 7 nitrogen and oxygen atoms in total. The van der Waals surface area contributed by atoms with Crippen molar-refractivity contribution >= 4 is 42.8 Å². The Morgan fingerprint density at radius 3 is 0.909 bits per heavy atom. The van der Waals surface area contributed by atoms with Gasteiger partial charge in [0.15, 0.2) is 0 Å². The molecule has 0 rings (SSSR count). The highest BCUT2D eigenvalue weighted by Crippen LogP contribution is 1.82. The molecule has 0 heterocycles. The number of hydrogen-bond donors (Lipinski definition) is 3. The van der Waals surface area contributed by atoms with Gasteiger partial charge in [0, 0.05) is 10.7 Å². The van der Waals surface area contributed by atoms with Crippen molar-refractivity contribution in [2.75, 3.05) is 0 Å². The van der Waals surface area contributed by atoms with Gasteiger partial charge in [0.2, 0.25) is 0 Å². The van der Waals surface area contributed by atoms with Crippen molar-refractivity contribution < 1.29 is 30.5 Å². The van der Waals surface area contributed by atoms with Crippen LogP contribution >= 0.6 is 23.1 Å². The summed E-state index contributed by atoms with van der Waals surface area (Å²) in [6.07, 6.45) is 0. The molecule has 0 aliphatic heterocycles. The average Bonchev–Trinajstić information content (AvgIpc) is 1.12. The van der Waals surface area contributed by atoms with Gasteiger partial charge in [-0.15, -0.1) is 12.4 Å². The molecule has 0 unspecified atom stereocenters. The van der Waals surface area contributed by atoms with Crippen molar-refractivity contribution in [2.24, 2.45) is 0 Å². The summed E-state index contributed by atoms with van der Waals surface area (Å²) in [5.74, 6) is 0. The molecule has 11 heteroatoms. The van der Waals surface area contributed by atoms with E-state index in [0.717, 1.165) is 0 Å². The highest BCUT2D eigenvalue weighted by molar-refractivity contribution is 8.09. The molecule has 0 aromatic heterocycles. The van der Waals surface area contributed by atoms with Crippen LogP contribution in [0.4, 0.5) is 0 Å². The molecule has 0 aliphatic carbocycles. The largest absolute Gasteiger partial charge is 0.394 e. The molecule has 0 aromatic rings. The fourth-order valence-electron chi connectivity index (χ4n) is 0. The van der Waals surface area contributed by atoms with Gasteiger partial charge < -0.3 is 0 Å². The minimum atomic E-state index is -4.67. The standard InChI is InChI=1S/ClHO3S.ClH.H2O4S/c1-5(2,3)4;;1-5(2,3)4/h(H,2,3,4);1H;(H2,1,2,3,4). The van der Waals surface area contributed by atoms with Crippen molar-refractivity contribution in [3.8, 4) is 0 Å². The van der Waals surface area contributed by atoms with Crippen LogP contribution in [0.2, 0.25) is 0 Å². The Balaban J connectivity index is -0.000000107. The van der Waals surface area contributed by atoms with Crippen molar-refractivity contribution in [3.63, 3.8) is 0 Å². The fourth-order valence-corrected chi connectivity index (χ4v) is 0. The number of hydrogen-bond acceptors (Lipinski definition) is 4. The first kappa shape index (κ1) is 17.4. The van der Waals surface area contributed by atoms with Gasteiger partial charge in [-0.25, -0.2) is 0 Å². The second kappa shape index (κ2) is 5.94. The van der Waals surface area contributed by atoms with Gasteiger partial charge in [-0.05, 0) is 0 Å². The SMILES string of the molecule is Cl.O=S(=O)(O)Cl.O=S(=O)(O)O. The molecular weight excluding hydrogens is 247 g/mol. The summed E-state index contributed by atoms with van der Waals surface area (Å²) in [7, 11) is -4.80. The van der Waals surface area contributed by atoms with Crippen LogP contribution in [-0.4, -0.2) is 30.5 Å². The second-order valence-corrected chi connectivity index (χ2v) is 3.75. The number of rotatable bonds is 0. The zero-order valence-electron chi connectivity index (χ0n) is 4.58. The van der Waals surface area contributed by atoms with Crippen molar-refractivity contribution in [2.45, 2.75) is 0 Å². The van der Waals surface area contributed by atoms with Crippen LogP contribution < -0.4 is 0 Å². The molecule has 0 bridgehead atoms. The third kappa shape index (κ3) is 5590. The summed E-state index contributed by atoms with van der Waals surface area (Å²) < 4.78 is 56.7. The Bertz CT molecular complexity index is 211. The normalized spacial score (nSPS) is 10.5. The molecule has 0 aliphatic rings. The van der Waals surface area contributed by atoms with E-state index in [4.69, 9.17) is 30.5 Å². The molecule has 3 N–H and O–H groups in total. The lowest BCUT2D eigenvalue weighted by molar-refractivity contribution is 0.381. The van der Waals surface area contributed by atoms with Crippen LogP contribution in [0, 0.1) is 0 Å². The minimum Gasteiger partial charge on any atom is -0.273 e. The fraction of sp³-hybridized carbons (Fsp3) is 0. The highest BCUT2D eigenvalue weighted by atomic mass is 35.7. The lowest BCUT2D eigenvalue weighted by Gasteiger charge is -1.68. The second-order valence-electron chi connectivity index (χ2n) is 0.860. The quantitative estimate of drug-likeness (QED) is 0.401. The zero-order valence-corrected chi connectivity index (χ0v) is 7.78. The van der Waals surface area contributed by atoms with Gasteiger partial charge in [0.25, 0.3) is 0 Å². The van der Waals surface area contributed by atoms with Crippen LogP contribution in [-0.2, 0) is 19.7 Å². The zero-order chi connectivity index (χ0) is 9.00. The van der Waals surface area contributed by atoms with E-state index in [-0.39, 0.29) is 12.4 Å². The predicted molar refractivity (Wildman–Crippen MR) is 38.8 cm³/mol. The average molecular weight is 251 g/mol. The van der Waals surface area contributed by atoms with Gasteiger partial charge in [-0.1, -0.05) is 0 Å². The summed E-state index contributed by atoms with van der Waals surface area (Å²) in [6.45, 7) is 0. The van der Waals surface area contributed by atoms with E-state index < -0.39 is 19.7 Å². The van der Waals surface area contributed by atoms with Gasteiger partial charge in [0.1, 0.15) is 0 Å². The molecule has 0 saturated carbocycles. The van der Waals surface area contributed by atoms with Gasteiger partial charge in [-0.2, -0.15) is 16.8 Å². The molecule has 0 saturated heterocycles. The molecule has 11 heavy (non-hydrogen) atoms. The molecule has 0 amide bonds. The minimum absolute atomic E-state index is 0. The lowest BCUT2D eigenvalue weighted by Crippen LogP contribution is -1.89. The van der Waals surface area contributed by atoms with E-state index in [2.05, 4.69) is 10.7 Å². The molecule has 0 fully saturated rings. The van der Waals surface area contributed by atoms with Gasteiger partial charge in [-0.3, -0.25) is 13.7 Å². The first-order chi connectivity index (χ1) is 4.00. The van der Waals surface area contributed by atoms with E-state index >= 15 is 0 Å². The summed E-state index contributed by atoms with van der Waals surface area (Å²) in [6, 6.07) is 0. The summed E-state index contributed by atoms with van der Waals surface area (Å²) in [5.41, 5.74) is 0. The molecule has 0 aromatic carbocycles. The topological polar surface area (TPSA) is 129 Å². The first-order valence-corrected chi connectivity index (χ1v) is 5.03. The third-order valence-electron chi connectivity index (χ3n) is 0. The van der Waals surface area contributed by atoms with Gasteiger partial charge in [0.05, 0.1) is 0 Å². The lowest BCUT2D eigenvalue weighted by atomic mass is 15.8. The summed E-state index contributed by atoms with van der Waals surface area (Å²) in [4.78, 5) is 0. The maximum atomic E-state index is 8.95. The maximum Gasteiger partial charge on any atom is 0.394 e. The van der Waals surface area contributed by atoms with Gasteiger partial charge >= 0.3 is 19.7 Å². The summed E-state index contributed by atoms with van der Waals surface area (Å²) >= 11 is 0. The Hall–Kier alpha value is 0.360. The molecule has 0 spiro atoms. The smallest absolute Gasteiger partial charge is 0.273 e. The first-order valence-electron chi connectivity index (χ1n) is 1.37. The molecule has 0 atom stereocenters. The maximum absolute atomic E-state index is 8.95. The van der Waals surface area contributed by atoms with E-state index in [1.54, 1.807) is 0 Å². The van der Waals surface area contributed by atoms with Crippen LogP contribution in [0.25, 0.3) is 0 Å². The monoisotopic (exact) mass is 250 g/mol. The van der Waals surface area contributed by atoms with Crippen LogP contribution in [0.3, 0.4) is 0 Å². The van der Waals surface area contributed by atoms with Crippen molar-refractivity contribution in [1.82, 2.24) is 0 Å². The Labute approximate surface area is 73.6 Å². The van der Waals surface area contributed by atoms with E-state index in [9.17, 15) is 0 Å². The third-order valence-corrected chi connectivity index (χ3v) is 0. The van der Waals surface area contributed by atoms with E-state index in [1.807, 2.05) is 0 Å². The molecular formula is H4Cl2O7S2. The van der Waals surface area contributed by atoms with Crippen LogP contribution in [0.5, 0.6) is 0 Å². The van der Waals surface area contributed by atoms with Crippen LogP contribution in [0.15, 0.2) is 0 Å². The predicted octanol–water partition coefficient (Wildman–Crippen LogP) is -0.203. The summed E-state index contributed by atoms with van der Waals surface area (Å²) in [5, 5.41) is 0. The van der Waals surface area contributed by atoms with Crippen molar-refractivity contribution in [3.05, 3.63) is 0 Å². The highest BCUT2D eigenvalue weighted by Gasteiger charge is 1.86. The van der Waals surface area contributed by atoms with Crippen molar-refractivity contribution in [1.29, 1.82) is 0 Å². The van der Waals surface area contributed by atoms with E-state index in [0.29, 0.717) is 0 Å². The number of halogens is 2.